The molecule has 0 spiro atoms. The van der Waals surface area contributed by atoms with Crippen LogP contribution in [0.25, 0.3) is 0 Å². The SMILES string of the molecule is CCCCCCCCCCCC(=O)OC(C)CCC(C)OC(=O)CCCCCCCCCCC. The van der Waals surface area contributed by atoms with Crippen molar-refractivity contribution in [1.82, 2.24) is 0 Å². The van der Waals surface area contributed by atoms with Crippen molar-refractivity contribution in [3.8, 4) is 0 Å². The van der Waals surface area contributed by atoms with Crippen LogP contribution in [0.4, 0.5) is 0 Å². The second-order valence-electron chi connectivity index (χ2n) is 10.3. The number of ether oxygens (including phenoxy) is 2. The van der Waals surface area contributed by atoms with Gasteiger partial charge in [-0.05, 0) is 39.5 Å². The zero-order valence-electron chi connectivity index (χ0n) is 23.3. The third-order valence-corrected chi connectivity index (χ3v) is 6.61. The highest BCUT2D eigenvalue weighted by atomic mass is 16.5. The smallest absolute Gasteiger partial charge is 0.306 e. The van der Waals surface area contributed by atoms with Crippen LogP contribution in [0, 0.1) is 0 Å². The van der Waals surface area contributed by atoms with E-state index in [-0.39, 0.29) is 24.1 Å². The van der Waals surface area contributed by atoms with E-state index in [4.69, 9.17) is 9.47 Å². The molecule has 4 nitrogen and oxygen atoms in total. The van der Waals surface area contributed by atoms with E-state index in [0.717, 1.165) is 38.5 Å². The summed E-state index contributed by atoms with van der Waals surface area (Å²) in [7, 11) is 0. The Morgan fingerprint density at radius 2 is 0.735 bits per heavy atom. The molecule has 4 heteroatoms. The lowest BCUT2D eigenvalue weighted by Crippen LogP contribution is -2.19. The summed E-state index contributed by atoms with van der Waals surface area (Å²) in [5.41, 5.74) is 0. The molecule has 0 aliphatic heterocycles. The summed E-state index contributed by atoms with van der Waals surface area (Å²) in [5, 5.41) is 0. The van der Waals surface area contributed by atoms with Crippen LogP contribution in [-0.2, 0) is 19.1 Å². The molecule has 0 saturated heterocycles. The number of rotatable bonds is 25. The third-order valence-electron chi connectivity index (χ3n) is 6.61. The second kappa shape index (κ2) is 25.0. The minimum absolute atomic E-state index is 0.0922. The van der Waals surface area contributed by atoms with Crippen LogP contribution in [0.5, 0.6) is 0 Å². The van der Waals surface area contributed by atoms with Gasteiger partial charge in [0, 0.05) is 12.8 Å². The predicted molar refractivity (Wildman–Crippen MR) is 144 cm³/mol. The van der Waals surface area contributed by atoms with Gasteiger partial charge in [-0.2, -0.15) is 0 Å². The monoisotopic (exact) mass is 482 g/mol. The Morgan fingerprint density at radius 3 is 1.03 bits per heavy atom. The fraction of sp³-hybridized carbons (Fsp3) is 0.933. The van der Waals surface area contributed by atoms with Crippen molar-refractivity contribution in [1.29, 1.82) is 0 Å². The maximum atomic E-state index is 12.0. The Hall–Kier alpha value is -1.06. The zero-order valence-corrected chi connectivity index (χ0v) is 23.3. The van der Waals surface area contributed by atoms with Crippen molar-refractivity contribution >= 4 is 11.9 Å². The molecule has 0 bridgehead atoms. The summed E-state index contributed by atoms with van der Waals surface area (Å²) < 4.78 is 11.1. The first-order chi connectivity index (χ1) is 16.5. The van der Waals surface area contributed by atoms with Crippen LogP contribution in [-0.4, -0.2) is 24.1 Å². The maximum Gasteiger partial charge on any atom is 0.306 e. The summed E-state index contributed by atoms with van der Waals surface area (Å²) in [6, 6.07) is 0. The zero-order chi connectivity index (χ0) is 25.3. The first-order valence-corrected chi connectivity index (χ1v) is 14.9. The molecule has 0 aliphatic carbocycles. The van der Waals surface area contributed by atoms with Crippen LogP contribution in [0.3, 0.4) is 0 Å². The normalized spacial score (nSPS) is 12.9. The van der Waals surface area contributed by atoms with E-state index in [0.29, 0.717) is 12.8 Å². The Morgan fingerprint density at radius 1 is 0.471 bits per heavy atom. The van der Waals surface area contributed by atoms with Gasteiger partial charge in [-0.15, -0.1) is 0 Å². The second-order valence-corrected chi connectivity index (χ2v) is 10.3. The quantitative estimate of drug-likeness (QED) is 0.0960. The molecule has 0 aromatic carbocycles. The lowest BCUT2D eigenvalue weighted by atomic mass is 10.1. The highest BCUT2D eigenvalue weighted by Gasteiger charge is 2.14. The minimum atomic E-state index is -0.121. The van der Waals surface area contributed by atoms with E-state index in [2.05, 4.69) is 13.8 Å². The molecule has 34 heavy (non-hydrogen) atoms. The number of hydrogen-bond donors (Lipinski definition) is 0. The van der Waals surface area contributed by atoms with Crippen LogP contribution < -0.4 is 0 Å². The van der Waals surface area contributed by atoms with Gasteiger partial charge in [0.15, 0.2) is 0 Å². The van der Waals surface area contributed by atoms with Gasteiger partial charge in [-0.3, -0.25) is 9.59 Å². The van der Waals surface area contributed by atoms with Crippen molar-refractivity contribution in [3.63, 3.8) is 0 Å². The molecule has 0 saturated carbocycles. The number of carbonyl (C=O) groups is 2. The molecule has 2 atom stereocenters. The molecule has 0 fully saturated rings. The van der Waals surface area contributed by atoms with Crippen molar-refractivity contribution in [2.24, 2.45) is 0 Å². The van der Waals surface area contributed by atoms with E-state index in [1.54, 1.807) is 0 Å². The molecule has 0 rings (SSSR count). The van der Waals surface area contributed by atoms with E-state index >= 15 is 0 Å². The molecule has 0 amide bonds. The largest absolute Gasteiger partial charge is 0.463 e. The maximum absolute atomic E-state index is 12.0. The fourth-order valence-electron chi connectivity index (χ4n) is 4.31. The summed E-state index contributed by atoms with van der Waals surface area (Å²) in [5.74, 6) is -0.184. The Labute approximate surface area is 212 Å². The van der Waals surface area contributed by atoms with Gasteiger partial charge in [0.05, 0.1) is 12.2 Å². The van der Waals surface area contributed by atoms with Gasteiger partial charge in [0.2, 0.25) is 0 Å². The van der Waals surface area contributed by atoms with Crippen molar-refractivity contribution < 1.29 is 19.1 Å². The lowest BCUT2D eigenvalue weighted by molar-refractivity contribution is -0.152. The molecular weight excluding hydrogens is 424 g/mol. The van der Waals surface area contributed by atoms with E-state index in [9.17, 15) is 9.59 Å². The summed E-state index contributed by atoms with van der Waals surface area (Å²) in [4.78, 5) is 24.1. The molecule has 0 aromatic heterocycles. The summed E-state index contributed by atoms with van der Waals surface area (Å²) in [6.45, 7) is 8.36. The van der Waals surface area contributed by atoms with E-state index < -0.39 is 0 Å². The molecule has 0 heterocycles. The molecular formula is C30H58O4. The van der Waals surface area contributed by atoms with Crippen molar-refractivity contribution in [3.05, 3.63) is 0 Å². The molecule has 0 N–H and O–H groups in total. The fourth-order valence-corrected chi connectivity index (χ4v) is 4.31. The Balaban J connectivity index is 3.59. The average molecular weight is 483 g/mol. The molecule has 2 unspecified atom stereocenters. The molecule has 202 valence electrons. The van der Waals surface area contributed by atoms with Crippen LogP contribution in [0.2, 0.25) is 0 Å². The molecule has 0 radical (unpaired) electrons. The van der Waals surface area contributed by atoms with Crippen molar-refractivity contribution in [2.45, 2.75) is 181 Å². The summed E-state index contributed by atoms with van der Waals surface area (Å²) >= 11 is 0. The van der Waals surface area contributed by atoms with E-state index in [1.807, 2.05) is 13.8 Å². The molecule has 0 aliphatic rings. The van der Waals surface area contributed by atoms with Crippen LogP contribution in [0.15, 0.2) is 0 Å². The minimum Gasteiger partial charge on any atom is -0.463 e. The standard InChI is InChI=1S/C30H58O4/c1-5-7-9-11-13-15-17-19-21-23-29(31)33-27(3)25-26-28(4)34-30(32)24-22-20-18-16-14-12-10-8-6-2/h27-28H,5-26H2,1-4H3. The van der Waals surface area contributed by atoms with Gasteiger partial charge in [0.25, 0.3) is 0 Å². The Kier molecular flexibility index (Phi) is 24.3. The highest BCUT2D eigenvalue weighted by Crippen LogP contribution is 2.14. The van der Waals surface area contributed by atoms with Crippen LogP contribution in [0.1, 0.15) is 169 Å². The number of carbonyl (C=O) groups excluding carboxylic acids is 2. The van der Waals surface area contributed by atoms with Crippen LogP contribution >= 0.6 is 0 Å². The van der Waals surface area contributed by atoms with Gasteiger partial charge in [-0.1, -0.05) is 117 Å². The van der Waals surface area contributed by atoms with Gasteiger partial charge >= 0.3 is 11.9 Å². The van der Waals surface area contributed by atoms with E-state index in [1.165, 1.54) is 89.9 Å². The third kappa shape index (κ3) is 24.1. The lowest BCUT2D eigenvalue weighted by Gasteiger charge is -2.17. The number of esters is 2. The van der Waals surface area contributed by atoms with Crippen molar-refractivity contribution in [2.75, 3.05) is 0 Å². The summed E-state index contributed by atoms with van der Waals surface area (Å²) in [6.07, 6.45) is 24.7. The van der Waals surface area contributed by atoms with Gasteiger partial charge in [0.1, 0.15) is 0 Å². The highest BCUT2D eigenvalue weighted by molar-refractivity contribution is 5.69. The topological polar surface area (TPSA) is 52.6 Å². The van der Waals surface area contributed by atoms with Gasteiger partial charge in [-0.25, -0.2) is 0 Å². The molecule has 0 aromatic rings. The number of unbranched alkanes of at least 4 members (excludes halogenated alkanes) is 16. The first kappa shape index (κ1) is 32.9. The predicted octanol–water partition coefficient (Wildman–Crippen LogP) is 9.47. The number of hydrogen-bond acceptors (Lipinski definition) is 4. The van der Waals surface area contributed by atoms with Gasteiger partial charge < -0.3 is 9.47 Å². The first-order valence-electron chi connectivity index (χ1n) is 14.9. The average Bonchev–Trinajstić information content (AvgIpc) is 2.80. The Bertz CT molecular complexity index is 421.